The summed E-state index contributed by atoms with van der Waals surface area (Å²) in [5, 5.41) is 10.7. The van der Waals surface area contributed by atoms with E-state index in [0.717, 1.165) is 23.2 Å². The Balaban J connectivity index is 1.62. The van der Waals surface area contributed by atoms with Crippen molar-refractivity contribution < 1.29 is 14.6 Å². The maximum absolute atomic E-state index is 12.5. The number of nitrogens with zero attached hydrogens (tertiary/aromatic N) is 2. The Kier molecular flexibility index (Phi) is 4.92. The fourth-order valence-corrected chi connectivity index (χ4v) is 3.13. The highest BCUT2D eigenvalue weighted by molar-refractivity contribution is 9.10. The number of nitrogens with one attached hydrogen (secondary N) is 1. The van der Waals surface area contributed by atoms with Crippen molar-refractivity contribution in [2.24, 2.45) is 0 Å². The molecule has 1 amide bonds. The molecule has 1 fully saturated rings. The lowest BCUT2D eigenvalue weighted by Crippen LogP contribution is -3.10. The van der Waals surface area contributed by atoms with E-state index in [9.17, 15) is 14.9 Å². The maximum atomic E-state index is 12.5. The molecule has 0 radical (unpaired) electrons. The average molecular weight is 391 g/mol. The van der Waals surface area contributed by atoms with Crippen LogP contribution in [0.4, 0.5) is 11.4 Å². The summed E-state index contributed by atoms with van der Waals surface area (Å²) in [6.45, 7) is 2.92. The third-order valence-electron chi connectivity index (χ3n) is 4.23. The summed E-state index contributed by atoms with van der Waals surface area (Å²) in [4.78, 5) is 25.9. The van der Waals surface area contributed by atoms with Crippen LogP contribution in [0, 0.1) is 10.1 Å². The van der Waals surface area contributed by atoms with E-state index in [0.29, 0.717) is 18.7 Å². The van der Waals surface area contributed by atoms with E-state index in [1.54, 1.807) is 12.1 Å². The number of rotatable bonds is 3. The highest BCUT2D eigenvalue weighted by atomic mass is 79.9. The van der Waals surface area contributed by atoms with Crippen molar-refractivity contribution >= 4 is 33.2 Å². The number of quaternary nitrogens is 1. The van der Waals surface area contributed by atoms with Gasteiger partial charge in [-0.1, -0.05) is 15.9 Å². The molecule has 2 aromatic rings. The third kappa shape index (κ3) is 3.63. The molecule has 1 saturated heterocycles. The molecule has 0 spiro atoms. The van der Waals surface area contributed by atoms with Crippen molar-refractivity contribution in [1.82, 2.24) is 4.90 Å². The number of carbonyl (C=O) groups is 1. The topological polar surface area (TPSA) is 67.9 Å². The predicted octanol–water partition coefficient (Wildman–Crippen LogP) is 2.03. The first kappa shape index (κ1) is 16.6. The molecule has 0 aliphatic carbocycles. The molecule has 0 saturated carbocycles. The van der Waals surface area contributed by atoms with Crippen molar-refractivity contribution in [3.05, 3.63) is 68.7 Å². The second-order valence-corrected chi connectivity index (χ2v) is 6.62. The molecule has 24 heavy (non-hydrogen) atoms. The van der Waals surface area contributed by atoms with Gasteiger partial charge in [-0.15, -0.1) is 0 Å². The van der Waals surface area contributed by atoms with Gasteiger partial charge >= 0.3 is 0 Å². The number of non-ortho nitro benzene ring substituents is 1. The summed E-state index contributed by atoms with van der Waals surface area (Å²) in [5.41, 5.74) is 1.82. The molecule has 2 aromatic carbocycles. The highest BCUT2D eigenvalue weighted by Crippen LogP contribution is 2.14. The van der Waals surface area contributed by atoms with Crippen molar-refractivity contribution in [3.63, 3.8) is 0 Å². The molecule has 3 rings (SSSR count). The lowest BCUT2D eigenvalue weighted by atomic mass is 10.1. The van der Waals surface area contributed by atoms with Crippen LogP contribution in [0.15, 0.2) is 53.0 Å². The molecule has 1 aliphatic heterocycles. The van der Waals surface area contributed by atoms with Gasteiger partial charge in [0.1, 0.15) is 5.69 Å². The zero-order valence-electron chi connectivity index (χ0n) is 12.9. The maximum Gasteiger partial charge on any atom is 0.269 e. The molecular weight excluding hydrogens is 374 g/mol. The van der Waals surface area contributed by atoms with E-state index < -0.39 is 4.92 Å². The van der Waals surface area contributed by atoms with Crippen molar-refractivity contribution in [2.45, 2.75) is 0 Å². The number of hydrogen-bond acceptors (Lipinski definition) is 3. The third-order valence-corrected chi connectivity index (χ3v) is 4.76. The lowest BCUT2D eigenvalue weighted by molar-refractivity contribution is -0.837. The van der Waals surface area contributed by atoms with Crippen LogP contribution in [0.1, 0.15) is 10.4 Å². The number of nitro benzene ring substituents is 1. The molecular formula is C17H17BrN3O3+. The minimum atomic E-state index is -0.395. The standard InChI is InChI=1S/C17H16BrN3O3/c18-14-3-1-13(2-4-14)17(22)20-11-9-19(10-12-20)15-5-7-16(8-6-15)21(23)24/h1-8H,9-12H2/p+1. The number of amides is 1. The smallest absolute Gasteiger partial charge is 0.269 e. The van der Waals surface area contributed by atoms with Crippen LogP contribution in [0.3, 0.4) is 0 Å². The molecule has 0 aromatic heterocycles. The molecule has 6 nitrogen and oxygen atoms in total. The number of hydrogen-bond donors (Lipinski definition) is 1. The monoisotopic (exact) mass is 390 g/mol. The average Bonchev–Trinajstić information content (AvgIpc) is 2.62. The molecule has 1 aliphatic rings. The van der Waals surface area contributed by atoms with Gasteiger partial charge in [-0.25, -0.2) is 0 Å². The van der Waals surface area contributed by atoms with Crippen LogP contribution >= 0.6 is 15.9 Å². The molecule has 7 heteroatoms. The van der Waals surface area contributed by atoms with Crippen LogP contribution in [-0.2, 0) is 0 Å². The van der Waals surface area contributed by atoms with Crippen LogP contribution in [0.2, 0.25) is 0 Å². The Labute approximate surface area is 148 Å². The first-order chi connectivity index (χ1) is 11.5. The second-order valence-electron chi connectivity index (χ2n) is 5.71. The lowest BCUT2D eigenvalue weighted by Gasteiger charge is -2.32. The van der Waals surface area contributed by atoms with Crippen LogP contribution in [0.5, 0.6) is 0 Å². The summed E-state index contributed by atoms with van der Waals surface area (Å²) < 4.78 is 0.950. The van der Waals surface area contributed by atoms with Gasteiger partial charge in [0.2, 0.25) is 0 Å². The van der Waals surface area contributed by atoms with Crippen molar-refractivity contribution in [3.8, 4) is 0 Å². The molecule has 1 N–H and O–H groups in total. The van der Waals surface area contributed by atoms with Gasteiger partial charge < -0.3 is 4.90 Å². The van der Waals surface area contributed by atoms with Crippen molar-refractivity contribution in [1.29, 1.82) is 0 Å². The highest BCUT2D eigenvalue weighted by Gasteiger charge is 2.25. The van der Waals surface area contributed by atoms with Gasteiger partial charge in [-0.05, 0) is 24.3 Å². The summed E-state index contributed by atoms with van der Waals surface area (Å²) in [5.74, 6) is 0.0465. The van der Waals surface area contributed by atoms with Gasteiger partial charge in [0.25, 0.3) is 11.6 Å². The number of benzene rings is 2. The fourth-order valence-electron chi connectivity index (χ4n) is 2.86. The van der Waals surface area contributed by atoms with Gasteiger partial charge in [0, 0.05) is 34.3 Å². The van der Waals surface area contributed by atoms with Gasteiger partial charge in [-0.2, -0.15) is 0 Å². The first-order valence-corrected chi connectivity index (χ1v) is 8.48. The second kappa shape index (κ2) is 7.11. The molecule has 0 atom stereocenters. The number of halogens is 1. The number of piperazine rings is 1. The zero-order valence-corrected chi connectivity index (χ0v) is 14.5. The normalized spacial score (nSPS) is 15.3. The predicted molar refractivity (Wildman–Crippen MR) is 93.5 cm³/mol. The van der Waals surface area contributed by atoms with E-state index in [2.05, 4.69) is 15.9 Å². The minimum absolute atomic E-state index is 0.0465. The molecule has 0 unspecified atom stereocenters. The molecule has 0 bridgehead atoms. The Hall–Kier alpha value is -2.25. The van der Waals surface area contributed by atoms with E-state index >= 15 is 0 Å². The molecule has 124 valence electrons. The SMILES string of the molecule is O=C(c1ccc(Br)cc1)N1CC[NH+](c2ccc([N+](=O)[O-])cc2)CC1. The van der Waals surface area contributed by atoms with E-state index in [1.165, 1.54) is 17.0 Å². The Morgan fingerprint density at radius 3 is 2.17 bits per heavy atom. The number of nitro groups is 1. The quantitative estimate of drug-likeness (QED) is 0.643. The van der Waals surface area contributed by atoms with Gasteiger partial charge in [0.05, 0.1) is 31.1 Å². The zero-order chi connectivity index (χ0) is 17.1. The Bertz CT molecular complexity index is 739. The molecule has 1 heterocycles. The van der Waals surface area contributed by atoms with E-state index in [-0.39, 0.29) is 11.6 Å². The van der Waals surface area contributed by atoms with Crippen LogP contribution in [-0.4, -0.2) is 41.9 Å². The summed E-state index contributed by atoms with van der Waals surface area (Å²) in [7, 11) is 0. The largest absolute Gasteiger partial charge is 0.327 e. The van der Waals surface area contributed by atoms with Crippen LogP contribution < -0.4 is 4.90 Å². The first-order valence-electron chi connectivity index (χ1n) is 7.69. The minimum Gasteiger partial charge on any atom is -0.327 e. The fraction of sp³-hybridized carbons (Fsp3) is 0.235. The van der Waals surface area contributed by atoms with Gasteiger partial charge in [-0.3, -0.25) is 19.8 Å². The van der Waals surface area contributed by atoms with Gasteiger partial charge in [0.15, 0.2) is 0 Å². The van der Waals surface area contributed by atoms with Crippen molar-refractivity contribution in [2.75, 3.05) is 26.2 Å². The van der Waals surface area contributed by atoms with Crippen LogP contribution in [0.25, 0.3) is 0 Å². The number of carbonyl (C=O) groups excluding carboxylic acids is 1. The Morgan fingerprint density at radius 2 is 1.62 bits per heavy atom. The van der Waals surface area contributed by atoms with E-state index in [4.69, 9.17) is 0 Å². The summed E-state index contributed by atoms with van der Waals surface area (Å²) >= 11 is 3.37. The summed E-state index contributed by atoms with van der Waals surface area (Å²) in [6.07, 6.45) is 0. The summed E-state index contributed by atoms with van der Waals surface area (Å²) in [6, 6.07) is 14.0. The van der Waals surface area contributed by atoms with E-state index in [1.807, 2.05) is 29.2 Å². The Morgan fingerprint density at radius 1 is 1.04 bits per heavy atom.